The molecule has 0 aliphatic heterocycles. The molecule has 1 aromatic rings. The summed E-state index contributed by atoms with van der Waals surface area (Å²) in [5, 5.41) is 3.62. The highest BCUT2D eigenvalue weighted by atomic mass is 16.5. The van der Waals surface area contributed by atoms with Crippen LogP contribution in [0.25, 0.3) is 0 Å². The second-order valence-corrected chi connectivity index (χ2v) is 5.22. The lowest BCUT2D eigenvalue weighted by Gasteiger charge is -2.18. The smallest absolute Gasteiger partial charge is 0.118 e. The molecule has 0 saturated heterocycles. The van der Waals surface area contributed by atoms with Crippen molar-refractivity contribution in [3.05, 3.63) is 29.8 Å². The molecular weight excluding hydrogens is 210 g/mol. The summed E-state index contributed by atoms with van der Waals surface area (Å²) < 4.78 is 5.17. The third kappa shape index (κ3) is 3.47. The lowest BCUT2D eigenvalue weighted by molar-refractivity contribution is 0.413. The average Bonchev–Trinajstić information content (AvgIpc) is 3.20. The highest BCUT2D eigenvalue weighted by Crippen LogP contribution is 2.36. The van der Waals surface area contributed by atoms with Gasteiger partial charge in [0.15, 0.2) is 0 Å². The van der Waals surface area contributed by atoms with E-state index in [0.717, 1.165) is 24.1 Å². The van der Waals surface area contributed by atoms with E-state index in [4.69, 9.17) is 4.74 Å². The fourth-order valence-electron chi connectivity index (χ4n) is 2.21. The Balaban J connectivity index is 1.82. The third-order valence-electron chi connectivity index (χ3n) is 3.79. The summed E-state index contributed by atoms with van der Waals surface area (Å²) in [4.78, 5) is 0. The monoisotopic (exact) mass is 233 g/mol. The van der Waals surface area contributed by atoms with Crippen LogP contribution in [-0.4, -0.2) is 13.7 Å². The molecule has 0 amide bonds. The molecule has 94 valence electrons. The predicted octanol–water partition coefficient (Wildman–Crippen LogP) is 3.39. The Morgan fingerprint density at radius 3 is 2.41 bits per heavy atom. The molecule has 0 bridgehead atoms. The number of methoxy groups -OCH3 is 1. The first-order chi connectivity index (χ1) is 8.20. The lowest BCUT2D eigenvalue weighted by Crippen LogP contribution is -2.25. The normalized spacial score (nSPS) is 18.8. The molecule has 1 fully saturated rings. The molecule has 2 rings (SSSR count). The first-order valence-corrected chi connectivity index (χ1v) is 6.58. The van der Waals surface area contributed by atoms with Crippen molar-refractivity contribution in [1.82, 2.24) is 5.32 Å². The molecule has 2 heteroatoms. The summed E-state index contributed by atoms with van der Waals surface area (Å²) in [5.74, 6) is 2.72. The molecule has 1 N–H and O–H groups in total. The van der Waals surface area contributed by atoms with Gasteiger partial charge in [-0.05, 0) is 55.8 Å². The molecular formula is C15H23NO. The van der Waals surface area contributed by atoms with Gasteiger partial charge in [0.05, 0.1) is 7.11 Å². The Bertz CT molecular complexity index is 342. The van der Waals surface area contributed by atoms with Crippen LogP contribution in [0.4, 0.5) is 0 Å². The summed E-state index contributed by atoms with van der Waals surface area (Å²) in [6.45, 7) is 5.70. The summed E-state index contributed by atoms with van der Waals surface area (Å²) in [6, 6.07) is 8.74. The SMILES string of the molecule is COc1ccc(C(C)NCC(C)C2CC2)cc1. The van der Waals surface area contributed by atoms with Crippen LogP contribution >= 0.6 is 0 Å². The molecule has 0 spiro atoms. The van der Waals surface area contributed by atoms with Gasteiger partial charge in [0.25, 0.3) is 0 Å². The highest BCUT2D eigenvalue weighted by Gasteiger charge is 2.27. The maximum Gasteiger partial charge on any atom is 0.118 e. The van der Waals surface area contributed by atoms with Crippen LogP contribution < -0.4 is 10.1 Å². The van der Waals surface area contributed by atoms with Gasteiger partial charge in [-0.3, -0.25) is 0 Å². The van der Waals surface area contributed by atoms with Crippen molar-refractivity contribution in [2.24, 2.45) is 11.8 Å². The van der Waals surface area contributed by atoms with Crippen LogP contribution in [-0.2, 0) is 0 Å². The molecule has 1 aliphatic rings. The zero-order valence-electron chi connectivity index (χ0n) is 11.1. The fourth-order valence-corrected chi connectivity index (χ4v) is 2.21. The first kappa shape index (κ1) is 12.4. The molecule has 0 aromatic heterocycles. The lowest BCUT2D eigenvalue weighted by atomic mass is 10.0. The molecule has 0 heterocycles. The van der Waals surface area contributed by atoms with Crippen molar-refractivity contribution in [2.45, 2.75) is 32.7 Å². The number of hydrogen-bond acceptors (Lipinski definition) is 2. The van der Waals surface area contributed by atoms with Crippen molar-refractivity contribution in [3.63, 3.8) is 0 Å². The summed E-state index contributed by atoms with van der Waals surface area (Å²) in [6.07, 6.45) is 2.86. The van der Waals surface area contributed by atoms with E-state index in [9.17, 15) is 0 Å². The van der Waals surface area contributed by atoms with Crippen LogP contribution in [0.3, 0.4) is 0 Å². The number of hydrogen-bond donors (Lipinski definition) is 1. The van der Waals surface area contributed by atoms with Crippen LogP contribution in [0.15, 0.2) is 24.3 Å². The molecule has 0 radical (unpaired) electrons. The van der Waals surface area contributed by atoms with Gasteiger partial charge < -0.3 is 10.1 Å². The number of benzene rings is 1. The molecule has 2 nitrogen and oxygen atoms in total. The van der Waals surface area contributed by atoms with Crippen molar-refractivity contribution >= 4 is 0 Å². The minimum absolute atomic E-state index is 0.419. The Labute approximate surface area is 104 Å². The van der Waals surface area contributed by atoms with Gasteiger partial charge in [-0.1, -0.05) is 19.1 Å². The fraction of sp³-hybridized carbons (Fsp3) is 0.600. The van der Waals surface area contributed by atoms with E-state index in [-0.39, 0.29) is 0 Å². The van der Waals surface area contributed by atoms with Gasteiger partial charge in [-0.15, -0.1) is 0 Å². The summed E-state index contributed by atoms with van der Waals surface area (Å²) in [5.41, 5.74) is 1.33. The van der Waals surface area contributed by atoms with E-state index in [1.807, 2.05) is 12.1 Å². The Morgan fingerprint density at radius 2 is 1.88 bits per heavy atom. The van der Waals surface area contributed by atoms with Crippen LogP contribution in [0.2, 0.25) is 0 Å². The second-order valence-electron chi connectivity index (χ2n) is 5.22. The first-order valence-electron chi connectivity index (χ1n) is 6.58. The van der Waals surface area contributed by atoms with E-state index in [0.29, 0.717) is 6.04 Å². The van der Waals surface area contributed by atoms with Gasteiger partial charge in [-0.2, -0.15) is 0 Å². The van der Waals surface area contributed by atoms with Gasteiger partial charge in [-0.25, -0.2) is 0 Å². The van der Waals surface area contributed by atoms with Crippen LogP contribution in [0, 0.1) is 11.8 Å². The molecule has 1 aliphatic carbocycles. The second kappa shape index (κ2) is 5.54. The molecule has 1 saturated carbocycles. The van der Waals surface area contributed by atoms with Gasteiger partial charge in [0.1, 0.15) is 5.75 Å². The Kier molecular flexibility index (Phi) is 4.06. The Morgan fingerprint density at radius 1 is 1.24 bits per heavy atom. The van der Waals surface area contributed by atoms with Crippen LogP contribution in [0.1, 0.15) is 38.3 Å². The number of ether oxygens (including phenoxy) is 1. The highest BCUT2D eigenvalue weighted by molar-refractivity contribution is 5.28. The number of rotatable bonds is 6. The third-order valence-corrected chi connectivity index (χ3v) is 3.79. The summed E-state index contributed by atoms with van der Waals surface area (Å²) >= 11 is 0. The Hall–Kier alpha value is -1.02. The quantitative estimate of drug-likeness (QED) is 0.813. The molecule has 2 unspecified atom stereocenters. The van der Waals surface area contributed by atoms with E-state index < -0.39 is 0 Å². The largest absolute Gasteiger partial charge is 0.497 e. The van der Waals surface area contributed by atoms with Crippen molar-refractivity contribution < 1.29 is 4.74 Å². The van der Waals surface area contributed by atoms with E-state index in [1.54, 1.807) is 7.11 Å². The topological polar surface area (TPSA) is 21.3 Å². The van der Waals surface area contributed by atoms with Crippen molar-refractivity contribution in [1.29, 1.82) is 0 Å². The number of nitrogens with one attached hydrogen (secondary N) is 1. The standard InChI is InChI=1S/C15H23NO/c1-11(13-4-5-13)10-16-12(2)14-6-8-15(17-3)9-7-14/h6-9,11-13,16H,4-5,10H2,1-3H3. The molecule has 2 atom stereocenters. The molecule has 17 heavy (non-hydrogen) atoms. The van der Waals surface area contributed by atoms with Crippen molar-refractivity contribution in [2.75, 3.05) is 13.7 Å². The van der Waals surface area contributed by atoms with E-state index in [1.165, 1.54) is 18.4 Å². The zero-order chi connectivity index (χ0) is 12.3. The zero-order valence-corrected chi connectivity index (χ0v) is 11.1. The molecule has 1 aromatic carbocycles. The summed E-state index contributed by atoms with van der Waals surface area (Å²) in [7, 11) is 1.70. The maximum absolute atomic E-state index is 5.17. The average molecular weight is 233 g/mol. The van der Waals surface area contributed by atoms with Gasteiger partial charge >= 0.3 is 0 Å². The van der Waals surface area contributed by atoms with Crippen molar-refractivity contribution in [3.8, 4) is 5.75 Å². The minimum Gasteiger partial charge on any atom is -0.497 e. The van der Waals surface area contributed by atoms with Gasteiger partial charge in [0, 0.05) is 6.04 Å². The van der Waals surface area contributed by atoms with Gasteiger partial charge in [0.2, 0.25) is 0 Å². The van der Waals surface area contributed by atoms with E-state index >= 15 is 0 Å². The minimum atomic E-state index is 0.419. The maximum atomic E-state index is 5.17. The van der Waals surface area contributed by atoms with E-state index in [2.05, 4.69) is 31.3 Å². The van der Waals surface area contributed by atoms with Crippen LogP contribution in [0.5, 0.6) is 5.75 Å². The predicted molar refractivity (Wildman–Crippen MR) is 71.3 cm³/mol.